The Morgan fingerprint density at radius 1 is 1.40 bits per heavy atom. The normalized spacial score (nSPS) is 13.9. The molecule has 0 amide bonds. The van der Waals surface area contributed by atoms with E-state index in [1.54, 1.807) is 11.3 Å². The molecular weight excluding hydrogens is 208 g/mol. The average molecular weight is 228 g/mol. The molecule has 1 atom stereocenters. The third-order valence-corrected chi connectivity index (χ3v) is 3.09. The van der Waals surface area contributed by atoms with Crippen molar-refractivity contribution in [3.8, 4) is 0 Å². The second kappa shape index (κ2) is 4.90. The molecule has 1 heterocycles. The van der Waals surface area contributed by atoms with E-state index in [1.807, 2.05) is 6.92 Å². The first-order chi connectivity index (χ1) is 6.93. The number of hydrogen-bond acceptors (Lipinski definition) is 5. The second-order valence-corrected chi connectivity index (χ2v) is 5.95. The van der Waals surface area contributed by atoms with Gasteiger partial charge >= 0.3 is 0 Å². The fraction of sp³-hybridized carbons (Fsp3) is 0.800. The Hall–Kier alpha value is -0.680. The molecule has 0 saturated heterocycles. The Morgan fingerprint density at radius 3 is 2.47 bits per heavy atom. The first-order valence-electron chi connectivity index (χ1n) is 5.20. The molecule has 0 aromatic carbocycles. The number of nitrogens with two attached hydrogens (primary N) is 1. The van der Waals surface area contributed by atoms with Crippen LogP contribution >= 0.6 is 11.3 Å². The van der Waals surface area contributed by atoms with E-state index >= 15 is 0 Å². The molecule has 0 fully saturated rings. The van der Waals surface area contributed by atoms with Crippen molar-refractivity contribution < 1.29 is 0 Å². The summed E-state index contributed by atoms with van der Waals surface area (Å²) in [5.74, 6) is 0. The lowest BCUT2D eigenvalue weighted by Crippen LogP contribution is -2.35. The van der Waals surface area contributed by atoms with Gasteiger partial charge in [0, 0.05) is 6.04 Å². The molecule has 1 rings (SSSR count). The Kier molecular flexibility index (Phi) is 4.04. The zero-order valence-corrected chi connectivity index (χ0v) is 10.7. The molecule has 0 bridgehead atoms. The molecule has 0 saturated carbocycles. The number of nitrogens with zero attached hydrogens (tertiary/aromatic N) is 2. The summed E-state index contributed by atoms with van der Waals surface area (Å²) in [5, 5.41) is 13.3. The molecule has 15 heavy (non-hydrogen) atoms. The van der Waals surface area contributed by atoms with Crippen LogP contribution in [0.3, 0.4) is 0 Å². The highest BCUT2D eigenvalue weighted by Gasteiger charge is 2.24. The van der Waals surface area contributed by atoms with E-state index in [4.69, 9.17) is 5.73 Å². The van der Waals surface area contributed by atoms with Gasteiger partial charge in [-0.25, -0.2) is 0 Å². The van der Waals surface area contributed by atoms with Crippen LogP contribution in [-0.2, 0) is 0 Å². The molecule has 86 valence electrons. The van der Waals surface area contributed by atoms with Gasteiger partial charge in [-0.15, -0.1) is 10.2 Å². The van der Waals surface area contributed by atoms with Crippen LogP contribution in [0.4, 0.5) is 5.13 Å². The molecular formula is C10H20N4S. The number of rotatable bonds is 4. The maximum atomic E-state index is 5.61. The Balaban J connectivity index is 2.66. The highest BCUT2D eigenvalue weighted by atomic mass is 32.1. The predicted molar refractivity (Wildman–Crippen MR) is 65.2 cm³/mol. The quantitative estimate of drug-likeness (QED) is 0.827. The van der Waals surface area contributed by atoms with Crippen molar-refractivity contribution in [1.29, 1.82) is 0 Å². The minimum absolute atomic E-state index is 0.180. The fourth-order valence-corrected chi connectivity index (χ4v) is 2.04. The second-order valence-electron chi connectivity index (χ2n) is 4.77. The van der Waals surface area contributed by atoms with Gasteiger partial charge in [0.15, 0.2) is 0 Å². The van der Waals surface area contributed by atoms with Gasteiger partial charge < -0.3 is 11.1 Å². The molecule has 0 aliphatic rings. The maximum absolute atomic E-state index is 5.61. The first kappa shape index (κ1) is 12.4. The van der Waals surface area contributed by atoms with Gasteiger partial charge in [0.2, 0.25) is 5.13 Å². The van der Waals surface area contributed by atoms with Crippen molar-refractivity contribution in [2.24, 2.45) is 11.1 Å². The van der Waals surface area contributed by atoms with E-state index in [9.17, 15) is 0 Å². The van der Waals surface area contributed by atoms with E-state index in [2.05, 4.69) is 36.3 Å². The topological polar surface area (TPSA) is 63.8 Å². The summed E-state index contributed by atoms with van der Waals surface area (Å²) in [4.78, 5) is 0. The lowest BCUT2D eigenvalue weighted by atomic mass is 9.85. The average Bonchev–Trinajstić information content (AvgIpc) is 2.49. The van der Waals surface area contributed by atoms with Crippen LogP contribution in [0.5, 0.6) is 0 Å². The van der Waals surface area contributed by atoms with Crippen LogP contribution in [0.2, 0.25) is 0 Å². The third-order valence-electron chi connectivity index (χ3n) is 2.32. The minimum atomic E-state index is 0.180. The van der Waals surface area contributed by atoms with Gasteiger partial charge in [-0.1, -0.05) is 32.1 Å². The standard InChI is InChI=1S/C10H20N4S/c1-7-13-14-9(15-7)12-8(5-6-11)10(2,3)4/h8H,5-6,11H2,1-4H3,(H,12,14). The molecule has 1 unspecified atom stereocenters. The smallest absolute Gasteiger partial charge is 0.205 e. The lowest BCUT2D eigenvalue weighted by molar-refractivity contribution is 0.328. The van der Waals surface area contributed by atoms with Gasteiger partial charge in [0.1, 0.15) is 5.01 Å². The van der Waals surface area contributed by atoms with E-state index in [0.29, 0.717) is 12.6 Å². The van der Waals surface area contributed by atoms with Gasteiger partial charge in [0.05, 0.1) is 0 Å². The van der Waals surface area contributed by atoms with Crippen LogP contribution in [0, 0.1) is 12.3 Å². The molecule has 5 heteroatoms. The number of aryl methyl sites for hydroxylation is 1. The summed E-state index contributed by atoms with van der Waals surface area (Å²) in [6.07, 6.45) is 0.947. The van der Waals surface area contributed by atoms with E-state index in [-0.39, 0.29) is 5.41 Å². The molecule has 0 aliphatic carbocycles. The highest BCUT2D eigenvalue weighted by molar-refractivity contribution is 7.15. The number of nitrogens with one attached hydrogen (secondary N) is 1. The van der Waals surface area contributed by atoms with Crippen molar-refractivity contribution in [3.05, 3.63) is 5.01 Å². The summed E-state index contributed by atoms with van der Waals surface area (Å²) in [7, 11) is 0. The molecule has 1 aromatic heterocycles. The number of aromatic nitrogens is 2. The zero-order valence-electron chi connectivity index (χ0n) is 9.87. The monoisotopic (exact) mass is 228 g/mol. The molecule has 0 aliphatic heterocycles. The van der Waals surface area contributed by atoms with Crippen molar-refractivity contribution >= 4 is 16.5 Å². The van der Waals surface area contributed by atoms with Crippen molar-refractivity contribution in [2.45, 2.75) is 40.2 Å². The van der Waals surface area contributed by atoms with Crippen molar-refractivity contribution in [2.75, 3.05) is 11.9 Å². The Morgan fingerprint density at radius 2 is 2.07 bits per heavy atom. The molecule has 0 spiro atoms. The largest absolute Gasteiger partial charge is 0.357 e. The van der Waals surface area contributed by atoms with E-state index < -0.39 is 0 Å². The number of anilines is 1. The molecule has 3 N–H and O–H groups in total. The Labute approximate surface area is 95.3 Å². The molecule has 1 aromatic rings. The zero-order chi connectivity index (χ0) is 11.5. The van der Waals surface area contributed by atoms with E-state index in [0.717, 1.165) is 16.6 Å². The van der Waals surface area contributed by atoms with Gasteiger partial charge in [-0.05, 0) is 25.3 Å². The summed E-state index contributed by atoms with van der Waals surface area (Å²) >= 11 is 1.58. The van der Waals surface area contributed by atoms with Crippen molar-refractivity contribution in [1.82, 2.24) is 10.2 Å². The number of hydrogen-bond donors (Lipinski definition) is 2. The maximum Gasteiger partial charge on any atom is 0.205 e. The molecule has 4 nitrogen and oxygen atoms in total. The van der Waals surface area contributed by atoms with Gasteiger partial charge in [-0.3, -0.25) is 0 Å². The predicted octanol–water partition coefficient (Wildman–Crippen LogP) is 2.02. The van der Waals surface area contributed by atoms with Crippen molar-refractivity contribution in [3.63, 3.8) is 0 Å². The van der Waals surface area contributed by atoms with Crippen LogP contribution in [0.15, 0.2) is 0 Å². The van der Waals surface area contributed by atoms with Crippen LogP contribution in [0.1, 0.15) is 32.2 Å². The molecule has 0 radical (unpaired) electrons. The SMILES string of the molecule is Cc1nnc(NC(CCN)C(C)(C)C)s1. The van der Waals surface area contributed by atoms with Gasteiger partial charge in [-0.2, -0.15) is 0 Å². The van der Waals surface area contributed by atoms with Gasteiger partial charge in [0.25, 0.3) is 0 Å². The summed E-state index contributed by atoms with van der Waals surface area (Å²) in [6, 6.07) is 0.342. The highest BCUT2D eigenvalue weighted by Crippen LogP contribution is 2.26. The summed E-state index contributed by atoms with van der Waals surface area (Å²) in [5.41, 5.74) is 5.79. The fourth-order valence-electron chi connectivity index (χ4n) is 1.39. The first-order valence-corrected chi connectivity index (χ1v) is 6.02. The van der Waals surface area contributed by atoms with E-state index in [1.165, 1.54) is 0 Å². The van der Waals surface area contributed by atoms with Crippen LogP contribution < -0.4 is 11.1 Å². The van der Waals surface area contributed by atoms with Crippen LogP contribution in [-0.4, -0.2) is 22.8 Å². The third kappa shape index (κ3) is 3.76. The van der Waals surface area contributed by atoms with Crippen LogP contribution in [0.25, 0.3) is 0 Å². The minimum Gasteiger partial charge on any atom is -0.357 e. The Bertz CT molecular complexity index is 303. The lowest BCUT2D eigenvalue weighted by Gasteiger charge is -2.30. The summed E-state index contributed by atoms with van der Waals surface area (Å²) in [6.45, 7) is 9.25. The summed E-state index contributed by atoms with van der Waals surface area (Å²) < 4.78 is 0.